The number of anilines is 1. The third kappa shape index (κ3) is 3.99. The second-order valence-electron chi connectivity index (χ2n) is 5.65. The van der Waals surface area contributed by atoms with Crippen LogP contribution in [0.5, 0.6) is 0 Å². The van der Waals surface area contributed by atoms with Crippen molar-refractivity contribution in [3.63, 3.8) is 0 Å². The van der Waals surface area contributed by atoms with Gasteiger partial charge in [-0.3, -0.25) is 4.90 Å². The summed E-state index contributed by atoms with van der Waals surface area (Å²) in [6.45, 7) is 5.67. The predicted octanol–water partition coefficient (Wildman–Crippen LogP) is 3.84. The van der Waals surface area contributed by atoms with Crippen molar-refractivity contribution < 1.29 is 13.2 Å². The van der Waals surface area contributed by atoms with Crippen LogP contribution in [0, 0.1) is 6.92 Å². The lowest BCUT2D eigenvalue weighted by molar-refractivity contribution is -0.137. The monoisotopic (exact) mass is 376 g/mol. The number of thiazole rings is 1. The van der Waals surface area contributed by atoms with Crippen LogP contribution in [0.15, 0.2) is 17.6 Å². The van der Waals surface area contributed by atoms with Gasteiger partial charge >= 0.3 is 6.18 Å². The van der Waals surface area contributed by atoms with Gasteiger partial charge in [-0.15, -0.1) is 11.3 Å². The van der Waals surface area contributed by atoms with Crippen molar-refractivity contribution in [2.75, 3.05) is 31.1 Å². The molecule has 24 heavy (non-hydrogen) atoms. The quantitative estimate of drug-likeness (QED) is 0.814. The fraction of sp³-hybridized carbons (Fsp3) is 0.467. The van der Waals surface area contributed by atoms with Gasteiger partial charge in [0.05, 0.1) is 21.3 Å². The van der Waals surface area contributed by atoms with E-state index in [-0.39, 0.29) is 5.02 Å². The molecule has 1 aliphatic heterocycles. The van der Waals surface area contributed by atoms with Gasteiger partial charge in [0.2, 0.25) is 0 Å². The molecule has 2 aromatic rings. The van der Waals surface area contributed by atoms with Crippen molar-refractivity contribution in [2.24, 2.45) is 0 Å². The van der Waals surface area contributed by atoms with E-state index in [0.29, 0.717) is 18.9 Å². The van der Waals surface area contributed by atoms with E-state index in [2.05, 4.69) is 20.2 Å². The van der Waals surface area contributed by atoms with E-state index in [0.717, 1.165) is 42.6 Å². The zero-order valence-electron chi connectivity index (χ0n) is 13.0. The Morgan fingerprint density at radius 1 is 1.25 bits per heavy atom. The van der Waals surface area contributed by atoms with Crippen LogP contribution < -0.4 is 4.90 Å². The van der Waals surface area contributed by atoms with E-state index in [1.165, 1.54) is 0 Å². The molecule has 0 aromatic carbocycles. The molecular weight excluding hydrogens is 361 g/mol. The Labute approximate surface area is 146 Å². The molecule has 0 spiro atoms. The summed E-state index contributed by atoms with van der Waals surface area (Å²) < 4.78 is 38.0. The zero-order chi connectivity index (χ0) is 17.3. The number of aryl methyl sites for hydroxylation is 1. The first-order valence-corrected chi connectivity index (χ1v) is 8.70. The van der Waals surface area contributed by atoms with Crippen molar-refractivity contribution in [3.8, 4) is 0 Å². The summed E-state index contributed by atoms with van der Waals surface area (Å²) in [4.78, 5) is 12.6. The Bertz CT molecular complexity index is 711. The number of nitrogens with zero attached hydrogens (tertiary/aromatic N) is 4. The third-order valence-corrected chi connectivity index (χ3v) is 4.97. The van der Waals surface area contributed by atoms with E-state index < -0.39 is 11.7 Å². The fourth-order valence-corrected chi connectivity index (χ4v) is 3.54. The summed E-state index contributed by atoms with van der Waals surface area (Å²) in [5.41, 5.74) is 0.227. The highest BCUT2D eigenvalue weighted by molar-refractivity contribution is 7.09. The molecule has 0 unspecified atom stereocenters. The smallest absolute Gasteiger partial charge is 0.353 e. The molecule has 1 fully saturated rings. The van der Waals surface area contributed by atoms with Gasteiger partial charge in [0.25, 0.3) is 0 Å². The van der Waals surface area contributed by atoms with Crippen LogP contribution >= 0.6 is 22.9 Å². The van der Waals surface area contributed by atoms with Crippen molar-refractivity contribution in [3.05, 3.63) is 38.9 Å². The SMILES string of the molecule is Cc1nc(CN2CCN(c3ncc(C(F)(F)F)cc3Cl)CC2)cs1. The lowest BCUT2D eigenvalue weighted by Crippen LogP contribution is -2.46. The Morgan fingerprint density at radius 2 is 1.96 bits per heavy atom. The minimum Gasteiger partial charge on any atom is -0.353 e. The minimum atomic E-state index is -4.43. The standard InChI is InChI=1S/C15H16ClF3N4S/c1-10-21-12(9-24-10)8-22-2-4-23(5-3-22)14-13(16)6-11(7-20-14)15(17,18)19/h6-7,9H,2-5,8H2,1H3. The number of hydrogen-bond acceptors (Lipinski definition) is 5. The summed E-state index contributed by atoms with van der Waals surface area (Å²) in [5.74, 6) is 0.411. The number of rotatable bonds is 3. The topological polar surface area (TPSA) is 32.3 Å². The van der Waals surface area contributed by atoms with Gasteiger partial charge in [0.15, 0.2) is 0 Å². The van der Waals surface area contributed by atoms with E-state index in [4.69, 9.17) is 11.6 Å². The highest BCUT2D eigenvalue weighted by Crippen LogP contribution is 2.33. The highest BCUT2D eigenvalue weighted by atomic mass is 35.5. The number of alkyl halides is 3. The largest absolute Gasteiger partial charge is 0.417 e. The van der Waals surface area contributed by atoms with E-state index >= 15 is 0 Å². The molecule has 0 saturated carbocycles. The lowest BCUT2D eigenvalue weighted by atomic mass is 10.2. The maximum absolute atomic E-state index is 12.7. The zero-order valence-corrected chi connectivity index (χ0v) is 14.5. The van der Waals surface area contributed by atoms with Gasteiger partial charge in [-0.1, -0.05) is 11.6 Å². The first kappa shape index (κ1) is 17.4. The number of pyridine rings is 1. The molecule has 3 heterocycles. The Morgan fingerprint density at radius 3 is 2.50 bits per heavy atom. The molecule has 0 atom stereocenters. The Hall–Kier alpha value is -1.38. The van der Waals surface area contributed by atoms with Crippen LogP contribution in [0.2, 0.25) is 5.02 Å². The van der Waals surface area contributed by atoms with Gasteiger partial charge in [0.1, 0.15) is 5.82 Å². The molecule has 1 aliphatic rings. The number of hydrogen-bond donors (Lipinski definition) is 0. The maximum Gasteiger partial charge on any atom is 0.417 e. The Kier molecular flexibility index (Phi) is 4.98. The van der Waals surface area contributed by atoms with E-state index in [9.17, 15) is 13.2 Å². The van der Waals surface area contributed by atoms with E-state index in [1.54, 1.807) is 11.3 Å². The molecule has 4 nitrogen and oxygen atoms in total. The number of piperazine rings is 1. The molecule has 0 bridgehead atoms. The summed E-state index contributed by atoms with van der Waals surface area (Å²) >= 11 is 7.64. The molecule has 9 heteroatoms. The van der Waals surface area contributed by atoms with Crippen LogP contribution in [0.25, 0.3) is 0 Å². The van der Waals surface area contributed by atoms with Gasteiger partial charge in [-0.2, -0.15) is 13.2 Å². The van der Waals surface area contributed by atoms with Crippen LogP contribution in [0.4, 0.5) is 19.0 Å². The molecule has 3 rings (SSSR count). The highest BCUT2D eigenvalue weighted by Gasteiger charge is 2.32. The van der Waals surface area contributed by atoms with Crippen LogP contribution in [0.3, 0.4) is 0 Å². The van der Waals surface area contributed by atoms with Crippen LogP contribution in [-0.2, 0) is 12.7 Å². The van der Waals surface area contributed by atoms with E-state index in [1.807, 2.05) is 11.8 Å². The van der Waals surface area contributed by atoms with Crippen molar-refractivity contribution >= 4 is 28.8 Å². The number of halogens is 4. The molecule has 0 N–H and O–H groups in total. The van der Waals surface area contributed by atoms with Gasteiger partial charge in [0, 0.05) is 44.3 Å². The van der Waals surface area contributed by atoms with Gasteiger partial charge in [-0.25, -0.2) is 9.97 Å². The molecule has 1 saturated heterocycles. The third-order valence-electron chi connectivity index (χ3n) is 3.87. The number of aromatic nitrogens is 2. The summed E-state index contributed by atoms with van der Waals surface area (Å²) in [5, 5.41) is 3.13. The average Bonchev–Trinajstić information content (AvgIpc) is 2.92. The molecule has 0 radical (unpaired) electrons. The minimum absolute atomic E-state index is 0.0356. The van der Waals surface area contributed by atoms with Crippen molar-refractivity contribution in [1.29, 1.82) is 0 Å². The predicted molar refractivity (Wildman–Crippen MR) is 88.6 cm³/mol. The molecule has 0 aliphatic carbocycles. The second kappa shape index (κ2) is 6.85. The fourth-order valence-electron chi connectivity index (χ4n) is 2.65. The Balaban J connectivity index is 1.62. The van der Waals surface area contributed by atoms with Gasteiger partial charge < -0.3 is 4.90 Å². The van der Waals surface area contributed by atoms with Crippen molar-refractivity contribution in [2.45, 2.75) is 19.6 Å². The average molecular weight is 377 g/mol. The molecule has 2 aromatic heterocycles. The molecule has 130 valence electrons. The van der Waals surface area contributed by atoms with Gasteiger partial charge in [-0.05, 0) is 13.0 Å². The summed E-state index contributed by atoms with van der Waals surface area (Å²) in [6, 6.07) is 0.939. The summed E-state index contributed by atoms with van der Waals surface area (Å²) in [7, 11) is 0. The van der Waals surface area contributed by atoms with Crippen molar-refractivity contribution in [1.82, 2.24) is 14.9 Å². The summed E-state index contributed by atoms with van der Waals surface area (Å²) in [6.07, 6.45) is -3.59. The second-order valence-corrected chi connectivity index (χ2v) is 7.12. The lowest BCUT2D eigenvalue weighted by Gasteiger charge is -2.35. The first-order valence-electron chi connectivity index (χ1n) is 7.44. The van der Waals surface area contributed by atoms with Crippen LogP contribution in [0.1, 0.15) is 16.3 Å². The molecule has 0 amide bonds. The van der Waals surface area contributed by atoms with Crippen LogP contribution in [-0.4, -0.2) is 41.0 Å². The normalized spacial score (nSPS) is 16.6. The maximum atomic E-state index is 12.7. The first-order chi connectivity index (χ1) is 11.3. The molecular formula is C15H16ClF3N4S.